The van der Waals surface area contributed by atoms with E-state index in [2.05, 4.69) is 20.3 Å². The summed E-state index contributed by atoms with van der Waals surface area (Å²) < 4.78 is 5.61. The normalized spacial score (nSPS) is 11.0. The summed E-state index contributed by atoms with van der Waals surface area (Å²) in [7, 11) is 1.89. The predicted octanol–water partition coefficient (Wildman–Crippen LogP) is 2.49. The van der Waals surface area contributed by atoms with Gasteiger partial charge in [-0.25, -0.2) is 15.0 Å². The van der Waals surface area contributed by atoms with Crippen LogP contribution in [-0.4, -0.2) is 22.0 Å². The molecule has 0 unspecified atom stereocenters. The molecule has 0 aliphatic carbocycles. The fourth-order valence-electron chi connectivity index (χ4n) is 1.66. The highest BCUT2D eigenvalue weighted by molar-refractivity contribution is 7.98. The van der Waals surface area contributed by atoms with Crippen LogP contribution in [0.3, 0.4) is 0 Å². The first-order chi connectivity index (χ1) is 9.35. The highest BCUT2D eigenvalue weighted by Crippen LogP contribution is 2.27. The summed E-state index contributed by atoms with van der Waals surface area (Å²) in [6.45, 7) is 0.758. The Hall–Kier alpha value is -1.92. The van der Waals surface area contributed by atoms with Crippen LogP contribution in [-0.2, 0) is 6.54 Å². The van der Waals surface area contributed by atoms with E-state index in [9.17, 15) is 0 Å². The van der Waals surface area contributed by atoms with E-state index in [0.717, 1.165) is 23.2 Å². The molecule has 2 heterocycles. The number of oxazole rings is 1. The molecule has 6 heteroatoms. The molecule has 0 saturated carbocycles. The van der Waals surface area contributed by atoms with Gasteiger partial charge in [-0.1, -0.05) is 12.1 Å². The number of hydrogen-bond acceptors (Lipinski definition) is 6. The molecule has 0 aliphatic heterocycles. The Kier molecular flexibility index (Phi) is 3.43. The smallest absolute Gasteiger partial charge is 0.264 e. The molecule has 0 aliphatic rings. The van der Waals surface area contributed by atoms with Gasteiger partial charge in [0, 0.05) is 36.3 Å². The molecule has 19 heavy (non-hydrogen) atoms. The molecule has 2 aromatic heterocycles. The fourth-order valence-corrected chi connectivity index (χ4v) is 2.31. The van der Waals surface area contributed by atoms with E-state index in [1.54, 1.807) is 12.4 Å². The molecule has 3 aromatic rings. The number of aromatic nitrogens is 3. The van der Waals surface area contributed by atoms with E-state index in [1.165, 1.54) is 11.8 Å². The van der Waals surface area contributed by atoms with Crippen LogP contribution in [0.25, 0.3) is 11.1 Å². The van der Waals surface area contributed by atoms with E-state index in [4.69, 9.17) is 4.42 Å². The zero-order valence-electron chi connectivity index (χ0n) is 10.3. The number of para-hydroxylation sites is 2. The van der Waals surface area contributed by atoms with Gasteiger partial charge in [0.2, 0.25) is 0 Å². The molecule has 0 radical (unpaired) electrons. The van der Waals surface area contributed by atoms with Gasteiger partial charge >= 0.3 is 0 Å². The summed E-state index contributed by atoms with van der Waals surface area (Å²) in [4.78, 5) is 12.9. The van der Waals surface area contributed by atoms with Crippen molar-refractivity contribution in [1.29, 1.82) is 0 Å². The minimum Gasteiger partial charge on any atom is -0.431 e. The van der Waals surface area contributed by atoms with Gasteiger partial charge < -0.3 is 9.73 Å². The third-order valence-corrected chi connectivity index (χ3v) is 3.26. The lowest BCUT2D eigenvalue weighted by Gasteiger charge is -1.99. The molecular formula is C13H12N4OS. The molecule has 1 aromatic carbocycles. The van der Waals surface area contributed by atoms with Crippen LogP contribution in [0.5, 0.6) is 0 Å². The van der Waals surface area contributed by atoms with Crippen molar-refractivity contribution >= 4 is 22.9 Å². The maximum absolute atomic E-state index is 5.61. The van der Waals surface area contributed by atoms with Gasteiger partial charge in [-0.05, 0) is 19.2 Å². The van der Waals surface area contributed by atoms with E-state index >= 15 is 0 Å². The van der Waals surface area contributed by atoms with Gasteiger partial charge in [-0.3, -0.25) is 0 Å². The number of benzene rings is 1. The molecule has 0 atom stereocenters. The second kappa shape index (κ2) is 5.38. The molecule has 0 saturated heterocycles. The first kappa shape index (κ1) is 12.1. The van der Waals surface area contributed by atoms with Crippen LogP contribution in [0.2, 0.25) is 0 Å². The minimum atomic E-state index is 0.558. The second-order valence-corrected chi connectivity index (χ2v) is 4.87. The Balaban J connectivity index is 1.80. The molecule has 0 spiro atoms. The van der Waals surface area contributed by atoms with Crippen molar-refractivity contribution in [1.82, 2.24) is 20.3 Å². The minimum absolute atomic E-state index is 0.558. The lowest BCUT2D eigenvalue weighted by molar-refractivity contribution is 0.488. The fraction of sp³-hybridized carbons (Fsp3) is 0.154. The average Bonchev–Trinajstić information content (AvgIpc) is 2.83. The van der Waals surface area contributed by atoms with Crippen molar-refractivity contribution in [3.05, 3.63) is 42.2 Å². The van der Waals surface area contributed by atoms with Crippen molar-refractivity contribution in [3.8, 4) is 0 Å². The summed E-state index contributed by atoms with van der Waals surface area (Å²) in [5, 5.41) is 4.24. The van der Waals surface area contributed by atoms with E-state index in [0.29, 0.717) is 10.4 Å². The largest absolute Gasteiger partial charge is 0.431 e. The van der Waals surface area contributed by atoms with E-state index in [1.807, 2.05) is 31.3 Å². The van der Waals surface area contributed by atoms with Crippen LogP contribution >= 0.6 is 11.8 Å². The zero-order valence-corrected chi connectivity index (χ0v) is 11.1. The highest BCUT2D eigenvalue weighted by Gasteiger charge is 2.08. The molecule has 1 N–H and O–H groups in total. The predicted molar refractivity (Wildman–Crippen MR) is 72.9 cm³/mol. The molecule has 3 rings (SSSR count). The van der Waals surface area contributed by atoms with Crippen molar-refractivity contribution in [3.63, 3.8) is 0 Å². The number of nitrogens with one attached hydrogen (secondary N) is 1. The average molecular weight is 272 g/mol. The summed E-state index contributed by atoms with van der Waals surface area (Å²) in [6, 6.07) is 7.66. The Morgan fingerprint density at radius 2 is 2.00 bits per heavy atom. The van der Waals surface area contributed by atoms with Crippen molar-refractivity contribution in [2.45, 2.75) is 16.9 Å². The SMILES string of the molecule is CNCc1cnc(Sc2nc3ccccc3o2)nc1. The first-order valence-electron chi connectivity index (χ1n) is 5.84. The summed E-state index contributed by atoms with van der Waals surface area (Å²) in [5.74, 6) is 0. The summed E-state index contributed by atoms with van der Waals surface area (Å²) in [6.07, 6.45) is 3.60. The number of nitrogens with zero attached hydrogens (tertiary/aromatic N) is 3. The summed E-state index contributed by atoms with van der Waals surface area (Å²) in [5.41, 5.74) is 2.66. The van der Waals surface area contributed by atoms with Gasteiger partial charge in [0.15, 0.2) is 10.7 Å². The van der Waals surface area contributed by atoms with Gasteiger partial charge in [0.05, 0.1) is 0 Å². The Morgan fingerprint density at radius 1 is 1.21 bits per heavy atom. The van der Waals surface area contributed by atoms with Crippen molar-refractivity contribution in [2.24, 2.45) is 0 Å². The second-order valence-electron chi connectivity index (χ2n) is 3.95. The quantitative estimate of drug-likeness (QED) is 0.736. The Bertz CT molecular complexity index is 647. The van der Waals surface area contributed by atoms with Gasteiger partial charge in [0.1, 0.15) is 5.52 Å². The lowest BCUT2D eigenvalue weighted by atomic mass is 10.3. The molecule has 96 valence electrons. The Morgan fingerprint density at radius 3 is 2.74 bits per heavy atom. The van der Waals surface area contributed by atoms with Crippen LogP contribution < -0.4 is 5.32 Å². The maximum Gasteiger partial charge on any atom is 0.264 e. The molecule has 0 bridgehead atoms. The highest BCUT2D eigenvalue weighted by atomic mass is 32.2. The van der Waals surface area contributed by atoms with Gasteiger partial charge in [-0.2, -0.15) is 0 Å². The van der Waals surface area contributed by atoms with Crippen LogP contribution in [0.1, 0.15) is 5.56 Å². The molecular weight excluding hydrogens is 260 g/mol. The maximum atomic E-state index is 5.61. The monoisotopic (exact) mass is 272 g/mol. The van der Waals surface area contributed by atoms with Gasteiger partial charge in [-0.15, -0.1) is 0 Å². The third kappa shape index (κ3) is 2.74. The van der Waals surface area contributed by atoms with Crippen LogP contribution in [0, 0.1) is 0 Å². The number of hydrogen-bond donors (Lipinski definition) is 1. The number of fused-ring (bicyclic) bond motifs is 1. The topological polar surface area (TPSA) is 63.8 Å². The van der Waals surface area contributed by atoms with E-state index < -0.39 is 0 Å². The molecule has 0 amide bonds. The first-order valence-corrected chi connectivity index (χ1v) is 6.66. The summed E-state index contributed by atoms with van der Waals surface area (Å²) >= 11 is 1.32. The van der Waals surface area contributed by atoms with Crippen molar-refractivity contribution < 1.29 is 4.42 Å². The zero-order chi connectivity index (χ0) is 13.1. The van der Waals surface area contributed by atoms with Gasteiger partial charge in [0.25, 0.3) is 5.22 Å². The number of rotatable bonds is 4. The van der Waals surface area contributed by atoms with E-state index in [-0.39, 0.29) is 0 Å². The standard InChI is InChI=1S/C13H12N4OS/c1-14-6-9-7-15-12(16-8-9)19-13-17-10-4-2-3-5-11(10)18-13/h2-5,7-8,14H,6H2,1H3. The van der Waals surface area contributed by atoms with Crippen LogP contribution in [0.4, 0.5) is 0 Å². The Labute approximate surface area is 114 Å². The molecule has 0 fully saturated rings. The lowest BCUT2D eigenvalue weighted by Crippen LogP contribution is -2.05. The third-order valence-electron chi connectivity index (χ3n) is 2.52. The molecule has 5 nitrogen and oxygen atoms in total. The van der Waals surface area contributed by atoms with Crippen molar-refractivity contribution in [2.75, 3.05) is 7.05 Å². The van der Waals surface area contributed by atoms with Crippen LogP contribution in [0.15, 0.2) is 51.5 Å².